The van der Waals surface area contributed by atoms with Crippen LogP contribution in [-0.2, 0) is 11.2 Å². The van der Waals surface area contributed by atoms with Crippen LogP contribution in [0.2, 0.25) is 0 Å². The molecule has 1 aliphatic heterocycles. The Morgan fingerprint density at radius 3 is 2.34 bits per heavy atom. The summed E-state index contributed by atoms with van der Waals surface area (Å²) in [6.07, 6.45) is 4.62. The minimum atomic E-state index is -0.0887. The second-order valence-corrected chi connectivity index (χ2v) is 7.06. The lowest BCUT2D eigenvalue weighted by Gasteiger charge is -2.34. The number of aromatic amines is 1. The second-order valence-electron chi connectivity index (χ2n) is 7.06. The first kappa shape index (κ1) is 18.9. The van der Waals surface area contributed by atoms with E-state index in [0.717, 1.165) is 12.0 Å². The third kappa shape index (κ3) is 4.51. The fraction of sp³-hybridized carbons (Fsp3) is 0.273. The molecule has 7 nitrogen and oxygen atoms in total. The van der Waals surface area contributed by atoms with Gasteiger partial charge in [0.15, 0.2) is 0 Å². The predicted molar refractivity (Wildman–Crippen MR) is 109 cm³/mol. The summed E-state index contributed by atoms with van der Waals surface area (Å²) in [5, 5.41) is 7.07. The molecule has 1 aromatic carbocycles. The monoisotopic (exact) mass is 389 g/mol. The summed E-state index contributed by atoms with van der Waals surface area (Å²) in [6.45, 7) is 2.18. The molecule has 0 aliphatic carbocycles. The zero-order valence-corrected chi connectivity index (χ0v) is 16.1. The van der Waals surface area contributed by atoms with E-state index in [9.17, 15) is 9.59 Å². The Bertz CT molecular complexity index is 963. The number of hydrogen-bond donors (Lipinski definition) is 1. The molecule has 1 aliphatic rings. The van der Waals surface area contributed by atoms with Crippen molar-refractivity contribution < 1.29 is 9.59 Å². The van der Waals surface area contributed by atoms with E-state index in [2.05, 4.69) is 15.2 Å². The summed E-state index contributed by atoms with van der Waals surface area (Å²) in [5.74, 6) is 0.0525. The molecule has 0 saturated carbocycles. The summed E-state index contributed by atoms with van der Waals surface area (Å²) >= 11 is 0. The van der Waals surface area contributed by atoms with E-state index in [1.54, 1.807) is 23.4 Å². The van der Waals surface area contributed by atoms with E-state index in [1.165, 1.54) is 5.56 Å². The van der Waals surface area contributed by atoms with Crippen molar-refractivity contribution in [2.75, 3.05) is 26.2 Å². The van der Waals surface area contributed by atoms with Crippen molar-refractivity contribution in [1.29, 1.82) is 0 Å². The number of carbonyl (C=O) groups excluding carboxylic acids is 2. The van der Waals surface area contributed by atoms with Gasteiger partial charge in [-0.15, -0.1) is 0 Å². The average Bonchev–Trinajstić information content (AvgIpc) is 3.29. The highest BCUT2D eigenvalue weighted by molar-refractivity contribution is 5.93. The second kappa shape index (κ2) is 8.68. The summed E-state index contributed by atoms with van der Waals surface area (Å²) in [6, 6.07) is 15.5. The van der Waals surface area contributed by atoms with Gasteiger partial charge in [0.25, 0.3) is 5.91 Å². The zero-order valence-electron chi connectivity index (χ0n) is 16.1. The Balaban J connectivity index is 1.29. The zero-order chi connectivity index (χ0) is 20.1. The Morgan fingerprint density at radius 1 is 0.931 bits per heavy atom. The Kier molecular flexibility index (Phi) is 5.65. The lowest BCUT2D eigenvalue weighted by molar-refractivity contribution is -0.132. The number of pyridine rings is 1. The molecule has 0 spiro atoms. The lowest BCUT2D eigenvalue weighted by Crippen LogP contribution is -2.50. The van der Waals surface area contributed by atoms with Gasteiger partial charge < -0.3 is 9.80 Å². The van der Waals surface area contributed by atoms with Gasteiger partial charge in [-0.3, -0.25) is 19.7 Å². The number of aromatic nitrogens is 3. The average molecular weight is 389 g/mol. The molecule has 7 heteroatoms. The highest BCUT2D eigenvalue weighted by Gasteiger charge is 2.25. The molecule has 1 saturated heterocycles. The topological polar surface area (TPSA) is 82.2 Å². The van der Waals surface area contributed by atoms with E-state index < -0.39 is 0 Å². The van der Waals surface area contributed by atoms with Crippen molar-refractivity contribution in [2.24, 2.45) is 0 Å². The molecule has 148 valence electrons. The molecular weight excluding hydrogens is 366 g/mol. The molecule has 1 fully saturated rings. The number of benzene rings is 1. The molecule has 29 heavy (non-hydrogen) atoms. The van der Waals surface area contributed by atoms with Crippen LogP contribution in [0.3, 0.4) is 0 Å². The van der Waals surface area contributed by atoms with Gasteiger partial charge in [-0.05, 0) is 30.2 Å². The smallest absolute Gasteiger partial charge is 0.272 e. The van der Waals surface area contributed by atoms with Crippen LogP contribution in [0.5, 0.6) is 0 Å². The van der Waals surface area contributed by atoms with Crippen molar-refractivity contribution >= 4 is 11.8 Å². The molecule has 2 amide bonds. The van der Waals surface area contributed by atoms with Crippen LogP contribution in [0, 0.1) is 0 Å². The van der Waals surface area contributed by atoms with Gasteiger partial charge in [-0.1, -0.05) is 30.3 Å². The van der Waals surface area contributed by atoms with Crippen molar-refractivity contribution in [2.45, 2.75) is 12.8 Å². The molecule has 4 rings (SSSR count). The summed E-state index contributed by atoms with van der Waals surface area (Å²) in [4.78, 5) is 32.9. The first-order valence-electron chi connectivity index (χ1n) is 9.77. The van der Waals surface area contributed by atoms with Gasteiger partial charge in [0.2, 0.25) is 5.91 Å². The van der Waals surface area contributed by atoms with Crippen LogP contribution >= 0.6 is 0 Å². The number of amides is 2. The Hall–Kier alpha value is -3.48. The SMILES string of the molecule is O=C(CCc1ccccc1)N1CCN(C(=O)c2cc(-c3ccncc3)n[nH]2)CC1. The minimum absolute atomic E-state index is 0.0887. The van der Waals surface area contributed by atoms with Crippen molar-refractivity contribution in [3.63, 3.8) is 0 Å². The number of aryl methyl sites for hydroxylation is 1. The van der Waals surface area contributed by atoms with Crippen molar-refractivity contribution in [3.05, 3.63) is 72.2 Å². The quantitative estimate of drug-likeness (QED) is 0.726. The molecule has 0 atom stereocenters. The fourth-order valence-corrected chi connectivity index (χ4v) is 3.49. The molecule has 3 heterocycles. The maximum atomic E-state index is 12.8. The molecule has 0 radical (unpaired) electrons. The third-order valence-corrected chi connectivity index (χ3v) is 5.17. The number of nitrogens with zero attached hydrogens (tertiary/aromatic N) is 4. The third-order valence-electron chi connectivity index (χ3n) is 5.17. The number of hydrogen-bond acceptors (Lipinski definition) is 4. The van der Waals surface area contributed by atoms with E-state index >= 15 is 0 Å². The van der Waals surface area contributed by atoms with Crippen LogP contribution in [0.4, 0.5) is 0 Å². The standard InChI is InChI=1S/C22H23N5O2/c28-21(7-6-17-4-2-1-3-5-17)26-12-14-27(15-13-26)22(29)20-16-19(24-25-20)18-8-10-23-11-9-18/h1-5,8-11,16H,6-7,12-15H2,(H,24,25). The van der Waals surface area contributed by atoms with Gasteiger partial charge in [0.1, 0.15) is 5.69 Å². The Morgan fingerprint density at radius 2 is 1.62 bits per heavy atom. The number of nitrogens with one attached hydrogen (secondary N) is 1. The van der Waals surface area contributed by atoms with Crippen LogP contribution < -0.4 is 0 Å². The summed E-state index contributed by atoms with van der Waals surface area (Å²) in [5.41, 5.74) is 3.24. The molecular formula is C22H23N5O2. The van der Waals surface area contributed by atoms with E-state index in [4.69, 9.17) is 0 Å². The van der Waals surface area contributed by atoms with Gasteiger partial charge in [-0.2, -0.15) is 5.10 Å². The normalized spacial score (nSPS) is 14.1. The first-order valence-corrected chi connectivity index (χ1v) is 9.77. The first-order chi connectivity index (χ1) is 14.2. The molecule has 1 N–H and O–H groups in total. The Labute approximate surface area is 169 Å². The molecule has 3 aromatic rings. The van der Waals surface area contributed by atoms with E-state index in [1.807, 2.05) is 47.4 Å². The molecule has 0 bridgehead atoms. The summed E-state index contributed by atoms with van der Waals surface area (Å²) < 4.78 is 0. The molecule has 2 aromatic heterocycles. The van der Waals surface area contributed by atoms with Crippen LogP contribution in [0.15, 0.2) is 60.9 Å². The van der Waals surface area contributed by atoms with E-state index in [0.29, 0.717) is 44.0 Å². The van der Waals surface area contributed by atoms with E-state index in [-0.39, 0.29) is 11.8 Å². The number of carbonyl (C=O) groups is 2. The highest BCUT2D eigenvalue weighted by atomic mass is 16.2. The van der Waals surface area contributed by atoms with Crippen LogP contribution in [-0.4, -0.2) is 63.0 Å². The largest absolute Gasteiger partial charge is 0.339 e. The summed E-state index contributed by atoms with van der Waals surface area (Å²) in [7, 11) is 0. The van der Waals surface area contributed by atoms with Crippen molar-refractivity contribution in [1.82, 2.24) is 25.0 Å². The van der Waals surface area contributed by atoms with Gasteiger partial charge in [-0.25, -0.2) is 0 Å². The minimum Gasteiger partial charge on any atom is -0.339 e. The maximum Gasteiger partial charge on any atom is 0.272 e. The lowest BCUT2D eigenvalue weighted by atomic mass is 10.1. The number of rotatable bonds is 5. The number of H-pyrrole nitrogens is 1. The van der Waals surface area contributed by atoms with Gasteiger partial charge in [0, 0.05) is 50.6 Å². The van der Waals surface area contributed by atoms with Gasteiger partial charge >= 0.3 is 0 Å². The van der Waals surface area contributed by atoms with Gasteiger partial charge in [0.05, 0.1) is 5.69 Å². The maximum absolute atomic E-state index is 12.8. The number of piperazine rings is 1. The highest BCUT2D eigenvalue weighted by Crippen LogP contribution is 2.18. The van der Waals surface area contributed by atoms with Crippen LogP contribution in [0.1, 0.15) is 22.5 Å². The fourth-order valence-electron chi connectivity index (χ4n) is 3.49. The molecule has 0 unspecified atom stereocenters. The van der Waals surface area contributed by atoms with Crippen LogP contribution in [0.25, 0.3) is 11.3 Å². The van der Waals surface area contributed by atoms with Crippen molar-refractivity contribution in [3.8, 4) is 11.3 Å². The predicted octanol–water partition coefficient (Wildman–Crippen LogP) is 2.39.